The molecule has 0 aliphatic carbocycles. The molecular weight excluding hydrogens is 488 g/mol. The molecule has 4 aromatic rings. The van der Waals surface area contributed by atoms with Gasteiger partial charge in [0.2, 0.25) is 10.0 Å². The number of carbonyl (C=O) groups is 1. The van der Waals surface area contributed by atoms with Gasteiger partial charge in [0.15, 0.2) is 0 Å². The first-order chi connectivity index (χ1) is 17.9. The van der Waals surface area contributed by atoms with E-state index in [1.54, 1.807) is 24.5 Å². The molecule has 2 aromatic heterocycles. The fraction of sp³-hybridized carbons (Fsp3) is 0.222. The molecule has 0 saturated carbocycles. The normalized spacial score (nSPS) is 14.0. The lowest BCUT2D eigenvalue weighted by atomic mass is 10.0. The number of sulfonamides is 1. The Hall–Kier alpha value is -4.02. The summed E-state index contributed by atoms with van der Waals surface area (Å²) in [7, 11) is -3.49. The van der Waals surface area contributed by atoms with E-state index in [1.807, 2.05) is 54.2 Å². The summed E-state index contributed by atoms with van der Waals surface area (Å²) < 4.78 is 28.8. The highest BCUT2D eigenvalue weighted by Gasteiger charge is 2.27. The second-order valence-electron chi connectivity index (χ2n) is 8.78. The molecule has 2 amide bonds. The molecule has 10 heteroatoms. The Morgan fingerprint density at radius 2 is 1.62 bits per heavy atom. The molecule has 37 heavy (non-hydrogen) atoms. The number of aryl methyl sites for hydroxylation is 1. The van der Waals surface area contributed by atoms with Gasteiger partial charge in [-0.3, -0.25) is 9.67 Å². The first kappa shape index (κ1) is 24.7. The number of nitrogens with one attached hydrogen (secondary N) is 2. The van der Waals surface area contributed by atoms with E-state index >= 15 is 0 Å². The zero-order chi connectivity index (χ0) is 25.8. The summed E-state index contributed by atoms with van der Waals surface area (Å²) >= 11 is 0. The number of urea groups is 1. The van der Waals surface area contributed by atoms with E-state index in [0.717, 1.165) is 41.8 Å². The fourth-order valence-electron chi connectivity index (χ4n) is 4.36. The summed E-state index contributed by atoms with van der Waals surface area (Å²) in [6, 6.07) is 17.2. The Morgan fingerprint density at radius 1 is 0.919 bits per heavy atom. The van der Waals surface area contributed by atoms with Crippen LogP contribution in [0.5, 0.6) is 0 Å². The van der Waals surface area contributed by atoms with Gasteiger partial charge in [-0.15, -0.1) is 0 Å². The van der Waals surface area contributed by atoms with Gasteiger partial charge < -0.3 is 10.6 Å². The summed E-state index contributed by atoms with van der Waals surface area (Å²) in [5.41, 5.74) is 4.79. The molecule has 1 saturated heterocycles. The zero-order valence-corrected chi connectivity index (χ0v) is 21.3. The molecule has 3 heterocycles. The van der Waals surface area contributed by atoms with Crippen molar-refractivity contribution in [1.29, 1.82) is 0 Å². The van der Waals surface area contributed by atoms with Crippen molar-refractivity contribution in [2.45, 2.75) is 31.2 Å². The first-order valence-corrected chi connectivity index (χ1v) is 13.6. The van der Waals surface area contributed by atoms with Crippen molar-refractivity contribution in [2.24, 2.45) is 0 Å². The van der Waals surface area contributed by atoms with Crippen molar-refractivity contribution in [3.63, 3.8) is 0 Å². The monoisotopic (exact) mass is 516 g/mol. The standard InChI is InChI=1S/C27H28N6O3S/c1-2-32-19-25(26(31-32)20-12-14-28-15-13-20)21-6-5-7-23(18-21)30-27(34)29-22-8-10-24(11-9-22)37(35,36)33-16-3-4-17-33/h5-15,18-19H,2-4,16-17H2,1H3,(H2,29,30,34). The predicted molar refractivity (Wildman–Crippen MR) is 144 cm³/mol. The Balaban J connectivity index is 1.30. The SMILES string of the molecule is CCn1cc(-c2cccc(NC(=O)Nc3ccc(S(=O)(=O)N4CCCC4)cc3)c2)c(-c2ccncc2)n1. The highest BCUT2D eigenvalue weighted by atomic mass is 32.2. The van der Waals surface area contributed by atoms with Crippen molar-refractivity contribution < 1.29 is 13.2 Å². The van der Waals surface area contributed by atoms with Crippen LogP contribution < -0.4 is 10.6 Å². The van der Waals surface area contributed by atoms with E-state index in [9.17, 15) is 13.2 Å². The minimum Gasteiger partial charge on any atom is -0.308 e. The number of carbonyl (C=O) groups excluding carboxylic acids is 1. The number of benzene rings is 2. The van der Waals surface area contributed by atoms with E-state index in [4.69, 9.17) is 5.10 Å². The van der Waals surface area contributed by atoms with Crippen LogP contribution in [0.4, 0.5) is 16.2 Å². The van der Waals surface area contributed by atoms with E-state index < -0.39 is 16.1 Å². The van der Waals surface area contributed by atoms with Crippen LogP contribution in [0.15, 0.2) is 84.1 Å². The number of aromatic nitrogens is 3. The van der Waals surface area contributed by atoms with E-state index in [1.165, 1.54) is 16.4 Å². The van der Waals surface area contributed by atoms with Crippen LogP contribution in [0, 0.1) is 0 Å². The molecule has 0 radical (unpaired) electrons. The summed E-state index contributed by atoms with van der Waals surface area (Å²) in [6.07, 6.45) is 7.23. The second kappa shape index (κ2) is 10.5. The molecule has 1 aliphatic heterocycles. The van der Waals surface area contributed by atoms with E-state index in [0.29, 0.717) is 24.5 Å². The minimum absolute atomic E-state index is 0.227. The molecular formula is C27H28N6O3S. The predicted octanol–water partition coefficient (Wildman–Crippen LogP) is 5.06. The third-order valence-electron chi connectivity index (χ3n) is 6.29. The van der Waals surface area contributed by atoms with Gasteiger partial charge in [0.05, 0.1) is 4.90 Å². The van der Waals surface area contributed by atoms with E-state index in [2.05, 4.69) is 15.6 Å². The van der Waals surface area contributed by atoms with Crippen LogP contribution in [0.1, 0.15) is 19.8 Å². The average Bonchev–Trinajstić information content (AvgIpc) is 3.61. The lowest BCUT2D eigenvalue weighted by Crippen LogP contribution is -2.27. The van der Waals surface area contributed by atoms with Gasteiger partial charge in [0.25, 0.3) is 0 Å². The third kappa shape index (κ3) is 5.40. The number of nitrogens with zero attached hydrogens (tertiary/aromatic N) is 4. The number of rotatable bonds is 7. The average molecular weight is 517 g/mol. The van der Waals surface area contributed by atoms with Gasteiger partial charge in [-0.1, -0.05) is 12.1 Å². The quantitative estimate of drug-likeness (QED) is 0.357. The topological polar surface area (TPSA) is 109 Å². The van der Waals surface area contributed by atoms with Crippen LogP contribution in [-0.4, -0.2) is 46.6 Å². The number of pyridine rings is 1. The summed E-state index contributed by atoms with van der Waals surface area (Å²) in [5, 5.41) is 10.3. The Kier molecular flexibility index (Phi) is 7.02. The Bertz CT molecular complexity index is 1490. The van der Waals surface area contributed by atoms with E-state index in [-0.39, 0.29) is 4.90 Å². The molecule has 190 valence electrons. The summed E-state index contributed by atoms with van der Waals surface area (Å²) in [6.45, 7) is 3.86. The number of anilines is 2. The van der Waals surface area contributed by atoms with Crippen molar-refractivity contribution in [3.05, 3.63) is 79.3 Å². The lowest BCUT2D eigenvalue weighted by molar-refractivity contribution is 0.262. The maximum Gasteiger partial charge on any atom is 0.323 e. The molecule has 9 nitrogen and oxygen atoms in total. The van der Waals surface area contributed by atoms with Gasteiger partial charge in [-0.05, 0) is 73.9 Å². The maximum absolute atomic E-state index is 12.7. The Labute approximate surface area is 216 Å². The molecule has 1 fully saturated rings. The van der Waals surface area contributed by atoms with Gasteiger partial charge in [-0.2, -0.15) is 9.40 Å². The second-order valence-corrected chi connectivity index (χ2v) is 10.7. The van der Waals surface area contributed by atoms with Crippen LogP contribution >= 0.6 is 0 Å². The van der Waals surface area contributed by atoms with Crippen molar-refractivity contribution in [1.82, 2.24) is 19.1 Å². The first-order valence-electron chi connectivity index (χ1n) is 12.2. The highest BCUT2D eigenvalue weighted by molar-refractivity contribution is 7.89. The van der Waals surface area contributed by atoms with Crippen molar-refractivity contribution >= 4 is 27.4 Å². The van der Waals surface area contributed by atoms with Crippen molar-refractivity contribution in [2.75, 3.05) is 23.7 Å². The number of amides is 2. The highest BCUT2D eigenvalue weighted by Crippen LogP contribution is 2.32. The van der Waals surface area contributed by atoms with Crippen LogP contribution in [0.25, 0.3) is 22.4 Å². The van der Waals surface area contributed by atoms with Crippen LogP contribution in [0.2, 0.25) is 0 Å². The van der Waals surface area contributed by atoms with Gasteiger partial charge in [0.1, 0.15) is 5.69 Å². The van der Waals surface area contributed by atoms with Gasteiger partial charge >= 0.3 is 6.03 Å². The maximum atomic E-state index is 12.7. The molecule has 1 aliphatic rings. The molecule has 0 bridgehead atoms. The Morgan fingerprint density at radius 3 is 2.32 bits per heavy atom. The zero-order valence-electron chi connectivity index (χ0n) is 20.5. The van der Waals surface area contributed by atoms with Gasteiger partial charge in [-0.25, -0.2) is 13.2 Å². The lowest BCUT2D eigenvalue weighted by Gasteiger charge is -2.15. The minimum atomic E-state index is -3.49. The van der Waals surface area contributed by atoms with Crippen molar-refractivity contribution in [3.8, 4) is 22.4 Å². The molecule has 0 spiro atoms. The van der Waals surface area contributed by atoms with Gasteiger partial charge in [0, 0.05) is 60.7 Å². The molecule has 2 aromatic carbocycles. The molecule has 0 atom stereocenters. The molecule has 2 N–H and O–H groups in total. The number of hydrogen-bond donors (Lipinski definition) is 2. The molecule has 0 unspecified atom stereocenters. The summed E-state index contributed by atoms with van der Waals surface area (Å²) in [5.74, 6) is 0. The largest absolute Gasteiger partial charge is 0.323 e. The third-order valence-corrected chi connectivity index (χ3v) is 8.20. The summed E-state index contributed by atoms with van der Waals surface area (Å²) in [4.78, 5) is 17.0. The molecule has 5 rings (SSSR count). The van der Waals surface area contributed by atoms with Crippen LogP contribution in [0.3, 0.4) is 0 Å². The van der Waals surface area contributed by atoms with Crippen LogP contribution in [-0.2, 0) is 16.6 Å². The fourth-order valence-corrected chi connectivity index (χ4v) is 5.88. The smallest absolute Gasteiger partial charge is 0.308 e. The number of hydrogen-bond acceptors (Lipinski definition) is 5.